The molecule has 3 nitrogen and oxygen atoms in total. The summed E-state index contributed by atoms with van der Waals surface area (Å²) in [5.74, 6) is 0.769. The number of nitrogens with two attached hydrogens (primary N) is 1. The minimum atomic E-state index is 0.643. The van der Waals surface area contributed by atoms with Crippen LogP contribution in [0.15, 0.2) is 18.2 Å². The third-order valence-electron chi connectivity index (χ3n) is 2.67. The molecule has 3 heteroatoms. The summed E-state index contributed by atoms with van der Waals surface area (Å²) in [6.45, 7) is 5.84. The Hall–Kier alpha value is -1.38. The highest BCUT2D eigenvalue weighted by atomic mass is 16.5. The van der Waals surface area contributed by atoms with Crippen molar-refractivity contribution in [2.75, 3.05) is 24.2 Å². The molecule has 1 rings (SSSR count). The third-order valence-corrected chi connectivity index (χ3v) is 2.67. The molecule has 0 spiro atoms. The van der Waals surface area contributed by atoms with Gasteiger partial charge in [-0.25, -0.2) is 0 Å². The lowest BCUT2D eigenvalue weighted by atomic mass is 10.2. The van der Waals surface area contributed by atoms with E-state index in [1.165, 1.54) is 25.7 Å². The second kappa shape index (κ2) is 7.82. The molecule has 0 unspecified atom stereocenters. The van der Waals surface area contributed by atoms with Gasteiger partial charge in [-0.3, -0.25) is 0 Å². The predicted molar refractivity (Wildman–Crippen MR) is 74.7 cm³/mol. The largest absolute Gasteiger partial charge is 0.492 e. The number of unbranched alkanes of at least 4 members (excludes halogenated alkanes) is 3. The minimum Gasteiger partial charge on any atom is -0.492 e. The van der Waals surface area contributed by atoms with Crippen LogP contribution in [0, 0.1) is 0 Å². The molecule has 1 aromatic carbocycles. The van der Waals surface area contributed by atoms with Crippen molar-refractivity contribution in [3.8, 4) is 5.75 Å². The van der Waals surface area contributed by atoms with Crippen LogP contribution in [0.4, 0.5) is 11.4 Å². The van der Waals surface area contributed by atoms with Gasteiger partial charge in [-0.2, -0.15) is 0 Å². The molecule has 0 bridgehead atoms. The Kier molecular flexibility index (Phi) is 6.30. The van der Waals surface area contributed by atoms with Crippen molar-refractivity contribution in [1.29, 1.82) is 0 Å². The average Bonchev–Trinajstić information content (AvgIpc) is 2.33. The number of nitrogens with one attached hydrogen (secondary N) is 1. The third kappa shape index (κ3) is 4.98. The molecule has 0 heterocycles. The second-order valence-electron chi connectivity index (χ2n) is 4.17. The maximum Gasteiger partial charge on any atom is 0.144 e. The van der Waals surface area contributed by atoms with Crippen molar-refractivity contribution in [2.24, 2.45) is 0 Å². The minimum absolute atomic E-state index is 0.643. The highest BCUT2D eigenvalue weighted by Crippen LogP contribution is 2.25. The number of ether oxygens (including phenoxy) is 1. The molecule has 3 N–H and O–H groups in total. The summed E-state index contributed by atoms with van der Waals surface area (Å²) in [5, 5.41) is 3.39. The number of hydrogen-bond acceptors (Lipinski definition) is 3. The van der Waals surface area contributed by atoms with Gasteiger partial charge in [0.25, 0.3) is 0 Å². The maximum absolute atomic E-state index is 5.82. The van der Waals surface area contributed by atoms with Crippen molar-refractivity contribution < 1.29 is 4.74 Å². The van der Waals surface area contributed by atoms with E-state index in [4.69, 9.17) is 10.5 Å². The average molecular weight is 236 g/mol. The number of anilines is 2. The van der Waals surface area contributed by atoms with Gasteiger partial charge in [-0.1, -0.05) is 26.2 Å². The Morgan fingerprint density at radius 2 is 2.00 bits per heavy atom. The Balaban J connectivity index is 2.40. The highest BCUT2D eigenvalue weighted by molar-refractivity contribution is 5.61. The zero-order valence-electron chi connectivity index (χ0n) is 11.0. The second-order valence-corrected chi connectivity index (χ2v) is 4.17. The van der Waals surface area contributed by atoms with Gasteiger partial charge >= 0.3 is 0 Å². The van der Waals surface area contributed by atoms with Crippen molar-refractivity contribution in [3.05, 3.63) is 18.2 Å². The van der Waals surface area contributed by atoms with Gasteiger partial charge < -0.3 is 15.8 Å². The monoisotopic (exact) mass is 236 g/mol. The zero-order chi connectivity index (χ0) is 12.5. The van der Waals surface area contributed by atoms with Gasteiger partial charge in [0, 0.05) is 18.3 Å². The van der Waals surface area contributed by atoms with Gasteiger partial charge in [0.15, 0.2) is 0 Å². The molecule has 1 aromatic rings. The maximum atomic E-state index is 5.82. The van der Waals surface area contributed by atoms with E-state index in [1.807, 2.05) is 25.1 Å². The SMILES string of the molecule is CCCCCCNc1ccc(N)c(OCC)c1. The van der Waals surface area contributed by atoms with Crippen molar-refractivity contribution in [3.63, 3.8) is 0 Å². The summed E-state index contributed by atoms with van der Waals surface area (Å²) in [4.78, 5) is 0. The normalized spacial score (nSPS) is 10.2. The molecule has 17 heavy (non-hydrogen) atoms. The Morgan fingerprint density at radius 3 is 2.71 bits per heavy atom. The molecule has 0 aromatic heterocycles. The van der Waals surface area contributed by atoms with E-state index in [-0.39, 0.29) is 0 Å². The molecule has 0 aliphatic rings. The van der Waals surface area contributed by atoms with Gasteiger partial charge in [0.2, 0.25) is 0 Å². The molecule has 0 fully saturated rings. The van der Waals surface area contributed by atoms with E-state index in [1.54, 1.807) is 0 Å². The van der Waals surface area contributed by atoms with Crippen LogP contribution < -0.4 is 15.8 Å². The number of nitrogen functional groups attached to an aromatic ring is 1. The van der Waals surface area contributed by atoms with Gasteiger partial charge in [0.1, 0.15) is 5.75 Å². The molecule has 0 saturated heterocycles. The first-order valence-electron chi connectivity index (χ1n) is 6.54. The highest BCUT2D eigenvalue weighted by Gasteiger charge is 2.01. The van der Waals surface area contributed by atoms with Crippen molar-refractivity contribution in [2.45, 2.75) is 39.5 Å². The van der Waals surface area contributed by atoms with E-state index in [2.05, 4.69) is 12.2 Å². The molecule has 0 saturated carbocycles. The first-order valence-corrected chi connectivity index (χ1v) is 6.54. The molecule has 0 radical (unpaired) electrons. The van der Waals surface area contributed by atoms with Gasteiger partial charge in [0.05, 0.1) is 12.3 Å². The van der Waals surface area contributed by atoms with Gasteiger partial charge in [-0.15, -0.1) is 0 Å². The van der Waals surface area contributed by atoms with Crippen molar-refractivity contribution >= 4 is 11.4 Å². The molecule has 0 amide bonds. The lowest BCUT2D eigenvalue weighted by Crippen LogP contribution is -2.03. The van der Waals surface area contributed by atoms with Crippen LogP contribution in [0.3, 0.4) is 0 Å². The first-order chi connectivity index (χ1) is 8.27. The van der Waals surface area contributed by atoms with Crippen LogP contribution in [0.5, 0.6) is 5.75 Å². The van der Waals surface area contributed by atoms with E-state index in [9.17, 15) is 0 Å². The smallest absolute Gasteiger partial charge is 0.144 e. The molecular formula is C14H24N2O. The Labute approximate surface area is 104 Å². The standard InChI is InChI=1S/C14H24N2O/c1-3-5-6-7-10-16-12-8-9-13(15)14(11-12)17-4-2/h8-9,11,16H,3-7,10,15H2,1-2H3. The topological polar surface area (TPSA) is 47.3 Å². The summed E-state index contributed by atoms with van der Waals surface area (Å²) in [6.07, 6.45) is 5.09. The summed E-state index contributed by atoms with van der Waals surface area (Å²) in [5.41, 5.74) is 7.60. The van der Waals surface area contributed by atoms with Crippen LogP contribution in [0.2, 0.25) is 0 Å². The van der Waals surface area contributed by atoms with Crippen LogP contribution in [0.25, 0.3) is 0 Å². The Bertz CT molecular complexity index is 326. The quantitative estimate of drug-likeness (QED) is 0.535. The summed E-state index contributed by atoms with van der Waals surface area (Å²) in [6, 6.07) is 5.86. The van der Waals surface area contributed by atoms with Crippen LogP contribution in [-0.4, -0.2) is 13.2 Å². The predicted octanol–water partition coefficient (Wildman–Crippen LogP) is 3.66. The molecule has 96 valence electrons. The van der Waals surface area contributed by atoms with E-state index < -0.39 is 0 Å². The fraction of sp³-hybridized carbons (Fsp3) is 0.571. The van der Waals surface area contributed by atoms with Crippen LogP contribution in [-0.2, 0) is 0 Å². The van der Waals surface area contributed by atoms with Crippen molar-refractivity contribution in [1.82, 2.24) is 0 Å². The fourth-order valence-electron chi connectivity index (χ4n) is 1.71. The van der Waals surface area contributed by atoms with Crippen LogP contribution >= 0.6 is 0 Å². The fourth-order valence-corrected chi connectivity index (χ4v) is 1.71. The zero-order valence-corrected chi connectivity index (χ0v) is 11.0. The lowest BCUT2D eigenvalue weighted by Gasteiger charge is -2.11. The summed E-state index contributed by atoms with van der Waals surface area (Å²) in [7, 11) is 0. The molecular weight excluding hydrogens is 212 g/mol. The van der Waals surface area contributed by atoms with E-state index in [0.29, 0.717) is 12.3 Å². The lowest BCUT2D eigenvalue weighted by molar-refractivity contribution is 0.342. The summed E-state index contributed by atoms with van der Waals surface area (Å²) < 4.78 is 5.46. The Morgan fingerprint density at radius 1 is 1.18 bits per heavy atom. The van der Waals surface area contributed by atoms with Gasteiger partial charge in [-0.05, 0) is 25.5 Å². The number of rotatable bonds is 8. The summed E-state index contributed by atoms with van der Waals surface area (Å²) >= 11 is 0. The van der Waals surface area contributed by atoms with E-state index >= 15 is 0 Å². The molecule has 0 aliphatic carbocycles. The number of hydrogen-bond donors (Lipinski definition) is 2. The molecule has 0 aliphatic heterocycles. The molecule has 0 atom stereocenters. The number of benzene rings is 1. The van der Waals surface area contributed by atoms with E-state index in [0.717, 1.165) is 18.0 Å². The first kappa shape index (κ1) is 13.7. The van der Waals surface area contributed by atoms with Crippen LogP contribution in [0.1, 0.15) is 39.5 Å².